The van der Waals surface area contributed by atoms with Crippen molar-refractivity contribution in [3.05, 3.63) is 53.7 Å². The fraction of sp³-hybridized carbons (Fsp3) is 0.167. The summed E-state index contributed by atoms with van der Waals surface area (Å²) in [5.74, 6) is 0. The molecule has 5 heteroatoms. The second kappa shape index (κ2) is 5.73. The van der Waals surface area contributed by atoms with Crippen LogP contribution in [0.25, 0.3) is 0 Å². The van der Waals surface area contributed by atoms with Crippen molar-refractivity contribution in [2.45, 2.75) is 18.7 Å². The van der Waals surface area contributed by atoms with Gasteiger partial charge in [-0.25, -0.2) is 8.42 Å². The van der Waals surface area contributed by atoms with E-state index < -0.39 is 10.0 Å². The van der Waals surface area contributed by atoms with Crippen LogP contribution in [0.4, 0.5) is 0 Å². The van der Waals surface area contributed by atoms with Crippen molar-refractivity contribution < 1.29 is 8.42 Å². The molecule has 0 aliphatic carbocycles. The van der Waals surface area contributed by atoms with Gasteiger partial charge in [0.25, 0.3) is 10.0 Å². The van der Waals surface area contributed by atoms with E-state index in [-0.39, 0.29) is 4.90 Å². The van der Waals surface area contributed by atoms with Crippen LogP contribution in [0.1, 0.15) is 13.8 Å². The molecule has 0 saturated heterocycles. The first kappa shape index (κ1) is 13.6. The molecule has 0 aromatic heterocycles. The van der Waals surface area contributed by atoms with Crippen LogP contribution in [-0.2, 0) is 10.0 Å². The molecule has 0 saturated carbocycles. The van der Waals surface area contributed by atoms with Crippen LogP contribution in [0.3, 0.4) is 0 Å². The highest BCUT2D eigenvalue weighted by Crippen LogP contribution is 2.11. The van der Waals surface area contributed by atoms with Crippen LogP contribution >= 0.6 is 0 Å². The van der Waals surface area contributed by atoms with Crippen LogP contribution in [-0.4, -0.2) is 16.3 Å². The van der Waals surface area contributed by atoms with Gasteiger partial charge < -0.3 is 0 Å². The van der Waals surface area contributed by atoms with Crippen LogP contribution in [0.15, 0.2) is 58.5 Å². The molecule has 0 radical (unpaired) electrons. The first-order valence-electron chi connectivity index (χ1n) is 5.38. The minimum absolute atomic E-state index is 0.267. The summed E-state index contributed by atoms with van der Waals surface area (Å²) in [6, 6.07) is 8.33. The first-order chi connectivity index (χ1) is 8.01. The molecule has 0 atom stereocenters. The molecule has 1 aromatic carbocycles. The summed E-state index contributed by atoms with van der Waals surface area (Å²) < 4.78 is 26.7. The maximum Gasteiger partial charge on any atom is 0.261 e. The Bertz CT molecular complexity index is 533. The van der Waals surface area contributed by atoms with Crippen molar-refractivity contribution in [2.75, 3.05) is 0 Å². The van der Waals surface area contributed by atoms with E-state index in [0.717, 1.165) is 5.47 Å². The molecular formula is C12H16BNO2S. The molecule has 0 bridgehead atoms. The molecule has 17 heavy (non-hydrogen) atoms. The van der Waals surface area contributed by atoms with Crippen molar-refractivity contribution >= 4 is 17.9 Å². The fourth-order valence-electron chi connectivity index (χ4n) is 1.33. The minimum Gasteiger partial charge on any atom is -0.281 e. The molecule has 0 amide bonds. The van der Waals surface area contributed by atoms with Gasteiger partial charge in [0, 0.05) is 5.70 Å². The number of rotatable bonds is 4. The van der Waals surface area contributed by atoms with Gasteiger partial charge in [-0.3, -0.25) is 4.72 Å². The second-order valence-corrected chi connectivity index (χ2v) is 5.27. The van der Waals surface area contributed by atoms with E-state index >= 15 is 0 Å². The van der Waals surface area contributed by atoms with Gasteiger partial charge in [0.05, 0.1) is 4.90 Å². The topological polar surface area (TPSA) is 46.2 Å². The maximum atomic E-state index is 12.0. The van der Waals surface area contributed by atoms with E-state index in [9.17, 15) is 8.42 Å². The number of sulfonamides is 1. The van der Waals surface area contributed by atoms with Gasteiger partial charge in [-0.2, -0.15) is 0 Å². The highest BCUT2D eigenvalue weighted by Gasteiger charge is 2.14. The van der Waals surface area contributed by atoms with Gasteiger partial charge in [0.2, 0.25) is 0 Å². The second-order valence-electron chi connectivity index (χ2n) is 3.59. The van der Waals surface area contributed by atoms with Crippen molar-refractivity contribution in [1.82, 2.24) is 4.72 Å². The van der Waals surface area contributed by atoms with E-state index in [4.69, 9.17) is 0 Å². The molecule has 3 nitrogen and oxygen atoms in total. The largest absolute Gasteiger partial charge is 0.281 e. The van der Waals surface area contributed by atoms with Gasteiger partial charge in [-0.15, -0.1) is 0 Å². The Morgan fingerprint density at radius 3 is 2.24 bits per heavy atom. The number of hydrogen-bond acceptors (Lipinski definition) is 2. The molecule has 0 spiro atoms. The number of benzene rings is 1. The molecule has 0 fully saturated rings. The standard InChI is InChI=1S/C12H16BNO2S/c1-3-11(13)12(4-2)14-17(15,16)10-8-6-5-7-9-10/h3-9,14H,13H2,1-2H3/b11-3+,12-4+. The van der Waals surface area contributed by atoms with Crippen molar-refractivity contribution in [3.63, 3.8) is 0 Å². The summed E-state index contributed by atoms with van der Waals surface area (Å²) in [6.45, 7) is 3.67. The zero-order chi connectivity index (χ0) is 12.9. The third-order valence-corrected chi connectivity index (χ3v) is 3.83. The Morgan fingerprint density at radius 1 is 1.18 bits per heavy atom. The van der Waals surface area contributed by atoms with Crippen LogP contribution in [0, 0.1) is 0 Å². The van der Waals surface area contributed by atoms with Crippen LogP contribution < -0.4 is 4.72 Å². The minimum atomic E-state index is -3.49. The van der Waals surface area contributed by atoms with E-state index in [2.05, 4.69) is 4.72 Å². The van der Waals surface area contributed by atoms with E-state index in [1.807, 2.05) is 20.8 Å². The molecule has 0 heterocycles. The lowest BCUT2D eigenvalue weighted by atomic mass is 9.92. The smallest absolute Gasteiger partial charge is 0.261 e. The molecule has 90 valence electrons. The Hall–Kier alpha value is -1.49. The summed E-state index contributed by atoms with van der Waals surface area (Å²) in [5.41, 5.74) is 1.50. The Labute approximate surface area is 104 Å². The lowest BCUT2D eigenvalue weighted by Crippen LogP contribution is -2.24. The number of allylic oxidation sites excluding steroid dienone is 3. The van der Waals surface area contributed by atoms with Gasteiger partial charge in [-0.1, -0.05) is 35.8 Å². The number of hydrogen-bond donors (Lipinski definition) is 1. The summed E-state index contributed by atoms with van der Waals surface area (Å²) in [7, 11) is -1.62. The highest BCUT2D eigenvalue weighted by atomic mass is 32.2. The third kappa shape index (κ3) is 3.49. The van der Waals surface area contributed by atoms with Crippen molar-refractivity contribution in [3.8, 4) is 0 Å². The molecule has 1 rings (SSSR count). The molecule has 0 aliphatic rings. The Kier molecular flexibility index (Phi) is 4.58. The predicted molar refractivity (Wildman–Crippen MR) is 72.8 cm³/mol. The first-order valence-corrected chi connectivity index (χ1v) is 6.87. The van der Waals surface area contributed by atoms with Gasteiger partial charge in [0.15, 0.2) is 0 Å². The number of nitrogens with one attached hydrogen (secondary N) is 1. The lowest BCUT2D eigenvalue weighted by Gasteiger charge is -2.12. The highest BCUT2D eigenvalue weighted by molar-refractivity contribution is 7.89. The van der Waals surface area contributed by atoms with Crippen molar-refractivity contribution in [1.29, 1.82) is 0 Å². The Balaban J connectivity index is 3.03. The zero-order valence-electron chi connectivity index (χ0n) is 10.3. The van der Waals surface area contributed by atoms with Crippen LogP contribution in [0.2, 0.25) is 0 Å². The fourth-order valence-corrected chi connectivity index (χ4v) is 2.53. The van der Waals surface area contributed by atoms with E-state index in [1.54, 1.807) is 43.3 Å². The lowest BCUT2D eigenvalue weighted by molar-refractivity contribution is 0.589. The third-order valence-electron chi connectivity index (χ3n) is 2.44. The van der Waals surface area contributed by atoms with Gasteiger partial charge in [0.1, 0.15) is 7.85 Å². The summed E-state index contributed by atoms with van der Waals surface area (Å²) in [6.07, 6.45) is 3.61. The molecular weight excluding hydrogens is 233 g/mol. The average molecular weight is 249 g/mol. The molecule has 1 aromatic rings. The average Bonchev–Trinajstić information content (AvgIpc) is 2.36. The zero-order valence-corrected chi connectivity index (χ0v) is 11.1. The maximum absolute atomic E-state index is 12.0. The summed E-state index contributed by atoms with van der Waals surface area (Å²) >= 11 is 0. The molecule has 0 unspecified atom stereocenters. The van der Waals surface area contributed by atoms with E-state index in [0.29, 0.717) is 5.70 Å². The summed E-state index contributed by atoms with van der Waals surface area (Å²) in [5, 5.41) is 0. The van der Waals surface area contributed by atoms with Crippen LogP contribution in [0.5, 0.6) is 0 Å². The van der Waals surface area contributed by atoms with Gasteiger partial charge >= 0.3 is 0 Å². The van der Waals surface area contributed by atoms with Crippen molar-refractivity contribution in [2.24, 2.45) is 0 Å². The predicted octanol–water partition coefficient (Wildman–Crippen LogP) is 1.41. The van der Waals surface area contributed by atoms with E-state index in [1.165, 1.54) is 0 Å². The monoisotopic (exact) mass is 249 g/mol. The molecule has 0 aliphatic heterocycles. The van der Waals surface area contributed by atoms with Gasteiger partial charge in [-0.05, 0) is 26.0 Å². The Morgan fingerprint density at radius 2 is 1.76 bits per heavy atom. The normalized spacial score (nSPS) is 13.5. The SMILES string of the molecule is BC(=C/C)/C(=C\C)NS(=O)(=O)c1ccccc1. The quantitative estimate of drug-likeness (QED) is 0.647. The summed E-state index contributed by atoms with van der Waals surface area (Å²) in [4.78, 5) is 0.267. The molecule has 1 N–H and O–H groups in total.